The standard InChI is InChI=1S/C22H28N4O/c1-16-14-26(15-19-8-4-5-10-23-19)11-9-20(16)25-22(27)21-12-17-6-2-3-7-18(17)13-24-21/h2-8,10,16,20-21,24H,9,11-15H2,1H3,(H,25,27). The third-order valence-corrected chi connectivity index (χ3v) is 5.83. The predicted octanol–water partition coefficient (Wildman–Crippen LogP) is 2.12. The molecule has 1 fully saturated rings. The SMILES string of the molecule is CC1CN(Cc2ccccn2)CCC1NC(=O)C1Cc2ccccc2CN1. The van der Waals surface area contributed by atoms with Crippen LogP contribution >= 0.6 is 0 Å². The number of amides is 1. The van der Waals surface area contributed by atoms with Gasteiger partial charge in [0.15, 0.2) is 0 Å². The minimum absolute atomic E-state index is 0.126. The Morgan fingerprint density at radius 1 is 1.22 bits per heavy atom. The number of rotatable bonds is 4. The molecule has 5 nitrogen and oxygen atoms in total. The molecule has 3 heterocycles. The number of fused-ring (bicyclic) bond motifs is 1. The van der Waals surface area contributed by atoms with Crippen molar-refractivity contribution in [1.82, 2.24) is 20.5 Å². The summed E-state index contributed by atoms with van der Waals surface area (Å²) < 4.78 is 0. The van der Waals surface area contributed by atoms with Gasteiger partial charge < -0.3 is 10.6 Å². The summed E-state index contributed by atoms with van der Waals surface area (Å²) in [7, 11) is 0. The zero-order chi connectivity index (χ0) is 18.6. The molecular formula is C22H28N4O. The van der Waals surface area contributed by atoms with E-state index >= 15 is 0 Å². The average molecular weight is 364 g/mol. The summed E-state index contributed by atoms with van der Waals surface area (Å²) in [5.41, 5.74) is 3.70. The highest BCUT2D eigenvalue weighted by molar-refractivity contribution is 5.82. The van der Waals surface area contributed by atoms with E-state index in [2.05, 4.69) is 57.8 Å². The Bertz CT molecular complexity index is 779. The second kappa shape index (κ2) is 8.19. The summed E-state index contributed by atoms with van der Waals surface area (Å²) in [6.07, 6.45) is 3.61. The minimum Gasteiger partial charge on any atom is -0.352 e. The zero-order valence-corrected chi connectivity index (χ0v) is 15.9. The third kappa shape index (κ3) is 4.37. The summed E-state index contributed by atoms with van der Waals surface area (Å²) in [5.74, 6) is 0.571. The summed E-state index contributed by atoms with van der Waals surface area (Å²) in [6, 6.07) is 14.6. The Kier molecular flexibility index (Phi) is 5.50. The van der Waals surface area contributed by atoms with Crippen LogP contribution in [0.5, 0.6) is 0 Å². The Balaban J connectivity index is 1.29. The van der Waals surface area contributed by atoms with Crippen molar-refractivity contribution in [1.29, 1.82) is 0 Å². The van der Waals surface area contributed by atoms with E-state index in [1.807, 2.05) is 18.3 Å². The largest absolute Gasteiger partial charge is 0.352 e. The van der Waals surface area contributed by atoms with Crippen molar-refractivity contribution < 1.29 is 4.79 Å². The van der Waals surface area contributed by atoms with E-state index in [0.717, 1.165) is 44.7 Å². The number of aromatic nitrogens is 1. The van der Waals surface area contributed by atoms with Crippen LogP contribution in [0.3, 0.4) is 0 Å². The molecule has 142 valence electrons. The fourth-order valence-corrected chi connectivity index (χ4v) is 4.23. The van der Waals surface area contributed by atoms with E-state index in [-0.39, 0.29) is 18.0 Å². The van der Waals surface area contributed by atoms with Crippen LogP contribution in [-0.4, -0.2) is 41.0 Å². The number of piperidine rings is 1. The van der Waals surface area contributed by atoms with Crippen molar-refractivity contribution in [3.05, 3.63) is 65.5 Å². The summed E-state index contributed by atoms with van der Waals surface area (Å²) in [6.45, 7) is 5.87. The maximum Gasteiger partial charge on any atom is 0.237 e. The van der Waals surface area contributed by atoms with Gasteiger partial charge in [-0.2, -0.15) is 0 Å². The third-order valence-electron chi connectivity index (χ3n) is 5.83. The fourth-order valence-electron chi connectivity index (χ4n) is 4.23. The first-order valence-electron chi connectivity index (χ1n) is 9.92. The molecule has 4 rings (SSSR count). The lowest BCUT2D eigenvalue weighted by molar-refractivity contribution is -0.124. The van der Waals surface area contributed by atoms with Crippen LogP contribution in [0.4, 0.5) is 0 Å². The van der Waals surface area contributed by atoms with Crippen LogP contribution < -0.4 is 10.6 Å². The first-order valence-corrected chi connectivity index (χ1v) is 9.92. The summed E-state index contributed by atoms with van der Waals surface area (Å²) >= 11 is 0. The Morgan fingerprint density at radius 2 is 2.04 bits per heavy atom. The molecule has 3 atom stereocenters. The molecule has 2 aliphatic rings. The van der Waals surface area contributed by atoms with Gasteiger partial charge in [-0.15, -0.1) is 0 Å². The van der Waals surface area contributed by atoms with Crippen LogP contribution in [0.1, 0.15) is 30.2 Å². The van der Waals surface area contributed by atoms with Gasteiger partial charge in [-0.1, -0.05) is 37.3 Å². The van der Waals surface area contributed by atoms with E-state index in [1.165, 1.54) is 11.1 Å². The van der Waals surface area contributed by atoms with Gasteiger partial charge in [0.2, 0.25) is 5.91 Å². The van der Waals surface area contributed by atoms with E-state index in [0.29, 0.717) is 5.92 Å². The molecule has 0 aliphatic carbocycles. The Labute approximate surface area is 161 Å². The highest BCUT2D eigenvalue weighted by Gasteiger charge is 2.30. The van der Waals surface area contributed by atoms with Crippen molar-refractivity contribution in [2.75, 3.05) is 13.1 Å². The molecule has 1 amide bonds. The molecule has 0 bridgehead atoms. The van der Waals surface area contributed by atoms with Crippen molar-refractivity contribution in [2.45, 2.75) is 44.9 Å². The lowest BCUT2D eigenvalue weighted by Crippen LogP contribution is -2.55. The lowest BCUT2D eigenvalue weighted by atomic mass is 9.92. The molecule has 1 aromatic heterocycles. The number of carbonyl (C=O) groups excluding carboxylic acids is 1. The zero-order valence-electron chi connectivity index (χ0n) is 15.9. The maximum atomic E-state index is 12.8. The Morgan fingerprint density at radius 3 is 2.81 bits per heavy atom. The van der Waals surface area contributed by atoms with Crippen molar-refractivity contribution in [3.63, 3.8) is 0 Å². The van der Waals surface area contributed by atoms with E-state index in [9.17, 15) is 4.79 Å². The lowest BCUT2D eigenvalue weighted by Gasteiger charge is -2.38. The molecule has 1 saturated heterocycles. The van der Waals surface area contributed by atoms with Gasteiger partial charge in [0.1, 0.15) is 0 Å². The van der Waals surface area contributed by atoms with E-state index in [4.69, 9.17) is 0 Å². The highest BCUT2D eigenvalue weighted by Crippen LogP contribution is 2.20. The number of hydrogen-bond acceptors (Lipinski definition) is 4. The molecule has 3 unspecified atom stereocenters. The molecule has 27 heavy (non-hydrogen) atoms. The molecule has 1 aromatic carbocycles. The van der Waals surface area contributed by atoms with Gasteiger partial charge in [0.25, 0.3) is 0 Å². The molecule has 0 radical (unpaired) electrons. The van der Waals surface area contributed by atoms with Gasteiger partial charge in [0.05, 0.1) is 11.7 Å². The van der Waals surface area contributed by atoms with Gasteiger partial charge in [-0.05, 0) is 42.0 Å². The highest BCUT2D eigenvalue weighted by atomic mass is 16.2. The molecule has 2 aliphatic heterocycles. The second-order valence-corrected chi connectivity index (χ2v) is 7.84. The van der Waals surface area contributed by atoms with Gasteiger partial charge in [-0.3, -0.25) is 14.7 Å². The van der Waals surface area contributed by atoms with Crippen molar-refractivity contribution in [3.8, 4) is 0 Å². The molecule has 0 spiro atoms. The van der Waals surface area contributed by atoms with E-state index in [1.54, 1.807) is 0 Å². The molecular weight excluding hydrogens is 336 g/mol. The molecule has 5 heteroatoms. The molecule has 2 aromatic rings. The van der Waals surface area contributed by atoms with Crippen molar-refractivity contribution in [2.24, 2.45) is 5.92 Å². The Hall–Kier alpha value is -2.24. The fraction of sp³-hybridized carbons (Fsp3) is 0.455. The van der Waals surface area contributed by atoms with E-state index < -0.39 is 0 Å². The number of likely N-dealkylation sites (tertiary alicyclic amines) is 1. The number of nitrogens with one attached hydrogen (secondary N) is 2. The van der Waals surface area contributed by atoms with Gasteiger partial charge in [0, 0.05) is 38.4 Å². The van der Waals surface area contributed by atoms with Crippen LogP contribution in [0, 0.1) is 5.92 Å². The second-order valence-electron chi connectivity index (χ2n) is 7.84. The number of pyridine rings is 1. The van der Waals surface area contributed by atoms with Crippen LogP contribution in [0.15, 0.2) is 48.7 Å². The average Bonchev–Trinajstić information content (AvgIpc) is 2.70. The molecule has 0 saturated carbocycles. The van der Waals surface area contributed by atoms with Gasteiger partial charge in [-0.25, -0.2) is 0 Å². The monoisotopic (exact) mass is 364 g/mol. The maximum absolute atomic E-state index is 12.8. The minimum atomic E-state index is -0.126. The summed E-state index contributed by atoms with van der Waals surface area (Å²) in [5, 5.41) is 6.70. The first-order chi connectivity index (χ1) is 13.2. The van der Waals surface area contributed by atoms with Gasteiger partial charge >= 0.3 is 0 Å². The summed E-state index contributed by atoms with van der Waals surface area (Å²) in [4.78, 5) is 19.7. The topological polar surface area (TPSA) is 57.3 Å². The normalized spacial score (nSPS) is 25.6. The van der Waals surface area contributed by atoms with Crippen molar-refractivity contribution >= 4 is 5.91 Å². The first kappa shape index (κ1) is 18.1. The predicted molar refractivity (Wildman–Crippen MR) is 106 cm³/mol. The number of carbonyl (C=O) groups is 1. The smallest absolute Gasteiger partial charge is 0.237 e. The van der Waals surface area contributed by atoms with Crippen LogP contribution in [0.2, 0.25) is 0 Å². The van der Waals surface area contributed by atoms with Crippen LogP contribution in [0.25, 0.3) is 0 Å². The number of nitrogens with zero attached hydrogens (tertiary/aromatic N) is 2. The quantitative estimate of drug-likeness (QED) is 0.873. The molecule has 2 N–H and O–H groups in total. The van der Waals surface area contributed by atoms with Crippen LogP contribution in [-0.2, 0) is 24.3 Å². The number of benzene rings is 1. The number of hydrogen-bond donors (Lipinski definition) is 2.